The first kappa shape index (κ1) is 37.9. The quantitative estimate of drug-likeness (QED) is 0.0389. The number of nitrogens with one attached hydrogen (secondary N) is 5. The van der Waals surface area contributed by atoms with Gasteiger partial charge in [-0.2, -0.15) is 16.1 Å². The van der Waals surface area contributed by atoms with E-state index < -0.39 is 58.4 Å². The van der Waals surface area contributed by atoms with Crippen molar-refractivity contribution in [2.75, 3.05) is 31.2 Å². The summed E-state index contributed by atoms with van der Waals surface area (Å²) in [7, 11) is -9.29. The highest BCUT2D eigenvalue weighted by atomic mass is 32.2. The molecule has 0 bridgehead atoms. The number of hydrogen-bond acceptors (Lipinski definition) is 14. The number of carbonyl (C=O) groups excluding carboxylic acids is 3. The van der Waals surface area contributed by atoms with E-state index in [2.05, 4.69) is 40.1 Å². The van der Waals surface area contributed by atoms with Gasteiger partial charge >= 0.3 is 33.4 Å². The number of aliphatic hydroxyl groups is 1. The van der Waals surface area contributed by atoms with E-state index in [1.807, 2.05) is 0 Å². The number of nitrogens with two attached hydrogens (primary N) is 1. The van der Waals surface area contributed by atoms with E-state index in [9.17, 15) is 38.3 Å². The number of ether oxygens (including phenoxy) is 2. The third-order valence-corrected chi connectivity index (χ3v) is 11.7. The number of thioether (sulfide) groups is 1. The molecule has 26 heteroatoms. The second-order valence-electron chi connectivity index (χ2n) is 11.7. The molecule has 3 fully saturated rings. The number of imidazole rings is 1. The number of H-pyrrole nitrogens is 1. The van der Waals surface area contributed by atoms with Gasteiger partial charge in [0.2, 0.25) is 17.7 Å². The highest BCUT2D eigenvalue weighted by molar-refractivity contribution is 8.00. The maximum atomic E-state index is 12.8. The topological polar surface area (TPSA) is 332 Å². The number of anilines is 1. The van der Waals surface area contributed by atoms with Crippen LogP contribution in [-0.2, 0) is 39.3 Å². The molecular weight excluding hydrogens is 732 g/mol. The minimum Gasteiger partial charge on any atom is -0.437 e. The molecule has 2 aromatic heterocycles. The number of aliphatic hydroxyl groups excluding tert-OH is 1. The molecule has 50 heavy (non-hydrogen) atoms. The Bertz CT molecular complexity index is 1760. The highest BCUT2D eigenvalue weighted by Gasteiger charge is 2.51. The van der Waals surface area contributed by atoms with E-state index in [0.29, 0.717) is 6.42 Å². The number of hydrogen-bond donors (Lipinski definition) is 10. The minimum atomic E-state index is -5.44. The summed E-state index contributed by atoms with van der Waals surface area (Å²) in [6, 6.07) is 0.0787. The number of aryl methyl sites for hydroxylation is 1. The van der Waals surface area contributed by atoms with Crippen LogP contribution < -0.4 is 37.1 Å². The summed E-state index contributed by atoms with van der Waals surface area (Å²) < 4.78 is 45.2. The Hall–Kier alpha value is -3.31. The fourth-order valence-corrected chi connectivity index (χ4v) is 9.02. The lowest BCUT2D eigenvalue weighted by molar-refractivity contribution is -0.745. The Morgan fingerprint density at radius 1 is 1.20 bits per heavy atom. The molecule has 11 N–H and O–H groups in total. The van der Waals surface area contributed by atoms with E-state index in [0.717, 1.165) is 18.6 Å². The summed E-state index contributed by atoms with van der Waals surface area (Å²) >= 11 is 1.80. The van der Waals surface area contributed by atoms with Gasteiger partial charge in [0, 0.05) is 30.5 Å². The molecule has 5 heterocycles. The van der Waals surface area contributed by atoms with Crippen LogP contribution in [0.5, 0.6) is 0 Å². The number of fused-ring (bicyclic) bond motifs is 2. The Balaban J connectivity index is 1.14. The summed E-state index contributed by atoms with van der Waals surface area (Å²) in [6.45, 7) is -0.982. The molecule has 0 radical (unpaired) electrons. The molecule has 8 atom stereocenters. The zero-order valence-electron chi connectivity index (χ0n) is 26.4. The molecule has 23 nitrogen and oxygen atoms in total. The Kier molecular flexibility index (Phi) is 11.8. The van der Waals surface area contributed by atoms with Crippen molar-refractivity contribution in [3.8, 4) is 0 Å². The van der Waals surface area contributed by atoms with Gasteiger partial charge in [-0.3, -0.25) is 23.7 Å². The largest absolute Gasteiger partial charge is 0.481 e. The monoisotopic (exact) mass is 770 g/mol. The molecule has 3 aliphatic rings. The summed E-state index contributed by atoms with van der Waals surface area (Å²) in [5.41, 5.74) is 5.07. The third kappa shape index (κ3) is 9.32. The van der Waals surface area contributed by atoms with Crippen molar-refractivity contribution in [2.45, 2.75) is 67.6 Å². The fourth-order valence-electron chi connectivity index (χ4n) is 5.88. The van der Waals surface area contributed by atoms with Crippen LogP contribution >= 0.6 is 27.4 Å². The van der Waals surface area contributed by atoms with E-state index in [4.69, 9.17) is 25.0 Å². The van der Waals surface area contributed by atoms with E-state index >= 15 is 0 Å². The highest BCUT2D eigenvalue weighted by Crippen LogP contribution is 2.57. The fraction of sp³-hybridized carbons (Fsp3) is 0.667. The van der Waals surface area contributed by atoms with Gasteiger partial charge in [0.15, 0.2) is 12.4 Å². The molecule has 2 aromatic rings. The predicted molar refractivity (Wildman–Crippen MR) is 170 cm³/mol. The molecule has 0 spiro atoms. The maximum absolute atomic E-state index is 12.8. The number of alkyl carbamates (subject to hydrolysis) is 1. The van der Waals surface area contributed by atoms with Crippen molar-refractivity contribution in [3.63, 3.8) is 0 Å². The maximum Gasteiger partial charge on any atom is 0.481 e. The van der Waals surface area contributed by atoms with Crippen molar-refractivity contribution >= 4 is 62.6 Å². The van der Waals surface area contributed by atoms with Crippen LogP contribution in [0.3, 0.4) is 0 Å². The van der Waals surface area contributed by atoms with Crippen LogP contribution in [0.15, 0.2) is 11.1 Å². The zero-order valence-corrected chi connectivity index (χ0v) is 29.0. The Morgan fingerprint density at radius 2 is 1.94 bits per heavy atom. The van der Waals surface area contributed by atoms with Gasteiger partial charge < -0.3 is 56.3 Å². The summed E-state index contributed by atoms with van der Waals surface area (Å²) in [5.74, 6) is 0.358. The summed E-state index contributed by atoms with van der Waals surface area (Å²) in [5, 5.41) is 22.3. The molecule has 4 amide bonds. The number of aromatic amines is 1. The summed E-state index contributed by atoms with van der Waals surface area (Å²) in [4.78, 5) is 83.0. The van der Waals surface area contributed by atoms with Crippen LogP contribution in [0.2, 0.25) is 0 Å². The smallest absolute Gasteiger partial charge is 0.437 e. The van der Waals surface area contributed by atoms with Gasteiger partial charge in [0.05, 0.1) is 25.7 Å². The number of phosphoric ester groups is 1. The number of unbranched alkanes of at least 4 members (excludes halogenated alkanes) is 1. The number of rotatable bonds is 15. The van der Waals surface area contributed by atoms with Gasteiger partial charge in [0.1, 0.15) is 12.2 Å². The standard InChI is InChI=1S/C24H37N9O14P2S/c1-32-10-33(19-16(32)20(36)31-22(25)30-19)21-18(17(35)12(45-21)8-44-49(42,43)47-48(39,40)41)46-24(38)27-7-6-26-14(34)5-3-2-4-13-15-11(9-50-13)28-23(37)29-15/h10-13,15,17-18,21,35H,2-9H2,1H3,(H9-,25,26,27,28,29,30,31,34,36,37,38,39,40,41,42,43)/p+1/t11-,12+,13-,15-,17+,18+,21+/m0/s1. The lowest BCUT2D eigenvalue weighted by Gasteiger charge is -2.20. The van der Waals surface area contributed by atoms with Crippen molar-refractivity contribution < 1.29 is 66.2 Å². The van der Waals surface area contributed by atoms with Gasteiger partial charge in [-0.05, 0) is 12.8 Å². The van der Waals surface area contributed by atoms with Crippen molar-refractivity contribution in [2.24, 2.45) is 7.05 Å². The van der Waals surface area contributed by atoms with E-state index in [-0.39, 0.29) is 65.9 Å². The number of nitrogen functional groups attached to an aromatic ring is 1. The molecule has 1 unspecified atom stereocenters. The molecule has 278 valence electrons. The minimum absolute atomic E-state index is 0.0245. The molecule has 0 aliphatic carbocycles. The number of amides is 4. The third-order valence-electron chi connectivity index (χ3n) is 8.03. The van der Waals surface area contributed by atoms with Crippen LogP contribution in [0.25, 0.3) is 11.2 Å². The average molecular weight is 771 g/mol. The lowest BCUT2D eigenvalue weighted by Crippen LogP contribution is -2.49. The number of phosphoric acid groups is 2. The first-order chi connectivity index (χ1) is 23.5. The number of nitrogens with zero attached hydrogens (tertiary/aromatic N) is 3. The molecule has 3 aliphatic heterocycles. The van der Waals surface area contributed by atoms with Crippen LogP contribution in [-0.4, -0.2) is 113 Å². The summed E-state index contributed by atoms with van der Waals surface area (Å²) in [6.07, 6.45) is -3.47. The second-order valence-corrected chi connectivity index (χ2v) is 15.8. The predicted octanol–water partition coefficient (Wildman–Crippen LogP) is -2.45. The van der Waals surface area contributed by atoms with E-state index in [1.165, 1.54) is 22.5 Å². The number of aromatic nitrogens is 4. The SMILES string of the molecule is Cn1c[n+]([C@@H]2O[C@H](COP(=O)(O)OP(=O)(O)O)[C@@H](O)[C@H]2OC(=O)NCCNC(=O)CCCC[C@@H]2SC[C@@H]3NC(=O)N[C@@H]32)c2nc(N)[nH]c(=O)c21. The van der Waals surface area contributed by atoms with Gasteiger partial charge in [-0.25, -0.2) is 23.3 Å². The van der Waals surface area contributed by atoms with Crippen molar-refractivity contribution in [1.29, 1.82) is 0 Å². The van der Waals surface area contributed by atoms with Gasteiger partial charge in [-0.1, -0.05) is 11.4 Å². The number of urea groups is 1. The molecule has 3 saturated heterocycles. The second kappa shape index (κ2) is 15.5. The van der Waals surface area contributed by atoms with Crippen LogP contribution in [0, 0.1) is 0 Å². The Labute approximate surface area is 286 Å². The molecule has 0 saturated carbocycles. The molecule has 0 aromatic carbocycles. The van der Waals surface area contributed by atoms with Crippen LogP contribution in [0.4, 0.5) is 15.5 Å². The van der Waals surface area contributed by atoms with Crippen molar-refractivity contribution in [3.05, 3.63) is 16.7 Å². The normalized spacial score (nSPS) is 27.4. The first-order valence-electron chi connectivity index (χ1n) is 15.2. The zero-order chi connectivity index (χ0) is 36.4. The Morgan fingerprint density at radius 3 is 2.68 bits per heavy atom. The lowest BCUT2D eigenvalue weighted by atomic mass is 10.0. The molecular formula is C24H38N9O14P2S+. The van der Waals surface area contributed by atoms with E-state index in [1.54, 1.807) is 11.8 Å². The van der Waals surface area contributed by atoms with Crippen molar-refractivity contribution in [1.82, 2.24) is 35.8 Å². The van der Waals surface area contributed by atoms with Gasteiger partial charge in [-0.15, -0.1) is 0 Å². The first-order valence-corrected chi connectivity index (χ1v) is 19.3. The number of carbonyl (C=O) groups is 3. The average Bonchev–Trinajstić information content (AvgIpc) is 3.73. The van der Waals surface area contributed by atoms with Gasteiger partial charge in [0.25, 0.3) is 11.5 Å². The van der Waals surface area contributed by atoms with Crippen LogP contribution in [0.1, 0.15) is 31.9 Å². The molecule has 5 rings (SSSR count).